The molecule has 0 aromatic carbocycles. The largest absolute Gasteiger partial charge is 0.469 e. The number of thioether (sulfide) groups is 1. The van der Waals surface area contributed by atoms with Crippen LogP contribution in [0.2, 0.25) is 0 Å². The summed E-state index contributed by atoms with van der Waals surface area (Å²) in [6.45, 7) is 6.95. The van der Waals surface area contributed by atoms with Crippen LogP contribution in [-0.4, -0.2) is 71.7 Å². The first-order valence-corrected chi connectivity index (χ1v) is 9.22. The third-order valence-corrected chi connectivity index (χ3v) is 5.02. The molecule has 1 amide bonds. The Balaban J connectivity index is 1.87. The smallest absolute Gasteiger partial charge is 0.307 e. The van der Waals surface area contributed by atoms with Gasteiger partial charge in [0.05, 0.1) is 24.1 Å². The fourth-order valence-electron chi connectivity index (χ4n) is 2.74. The molecule has 0 N–H and O–H groups in total. The van der Waals surface area contributed by atoms with Crippen molar-refractivity contribution in [3.63, 3.8) is 0 Å². The number of piperazine rings is 1. The van der Waals surface area contributed by atoms with Gasteiger partial charge in [0.2, 0.25) is 0 Å². The maximum absolute atomic E-state index is 12.6. The van der Waals surface area contributed by atoms with Crippen LogP contribution >= 0.6 is 11.8 Å². The van der Waals surface area contributed by atoms with Crippen molar-refractivity contribution in [1.29, 1.82) is 0 Å². The van der Waals surface area contributed by atoms with Crippen molar-refractivity contribution >= 4 is 23.6 Å². The van der Waals surface area contributed by atoms with Crippen LogP contribution in [0.5, 0.6) is 0 Å². The third-order valence-electron chi connectivity index (χ3n) is 4.19. The second-order valence-corrected chi connectivity index (χ2v) is 7.06. The molecule has 24 heavy (non-hydrogen) atoms. The second-order valence-electron chi connectivity index (χ2n) is 5.78. The highest BCUT2D eigenvalue weighted by molar-refractivity contribution is 7.99. The molecule has 7 heteroatoms. The molecule has 1 unspecified atom stereocenters. The monoisotopic (exact) mass is 351 g/mol. The van der Waals surface area contributed by atoms with Gasteiger partial charge in [-0.25, -0.2) is 4.98 Å². The van der Waals surface area contributed by atoms with Gasteiger partial charge in [-0.3, -0.25) is 14.5 Å². The van der Waals surface area contributed by atoms with Crippen molar-refractivity contribution in [1.82, 2.24) is 14.8 Å². The molecule has 1 aromatic rings. The fraction of sp³-hybridized carbons (Fsp3) is 0.588. The summed E-state index contributed by atoms with van der Waals surface area (Å²) in [7, 11) is 1.41. The van der Waals surface area contributed by atoms with Crippen molar-refractivity contribution < 1.29 is 14.3 Å². The summed E-state index contributed by atoms with van der Waals surface area (Å²) in [5.41, 5.74) is 0.631. The lowest BCUT2D eigenvalue weighted by Gasteiger charge is -2.37. The molecular formula is C17H25N3O3S. The number of ether oxygens (including phenoxy) is 1. The van der Waals surface area contributed by atoms with Crippen LogP contribution in [0.3, 0.4) is 0 Å². The van der Waals surface area contributed by atoms with Gasteiger partial charge in [-0.1, -0.05) is 6.92 Å². The average molecular weight is 351 g/mol. The number of aromatic nitrogens is 1. The van der Waals surface area contributed by atoms with Gasteiger partial charge in [0, 0.05) is 38.4 Å². The Bertz CT molecular complexity index is 557. The molecule has 1 aromatic heterocycles. The predicted molar refractivity (Wildman–Crippen MR) is 94.2 cm³/mol. The van der Waals surface area contributed by atoms with Gasteiger partial charge >= 0.3 is 5.97 Å². The van der Waals surface area contributed by atoms with Crippen LogP contribution in [-0.2, 0) is 9.53 Å². The highest BCUT2D eigenvalue weighted by Gasteiger charge is 2.26. The first-order chi connectivity index (χ1) is 11.5. The molecule has 0 bridgehead atoms. The Morgan fingerprint density at radius 3 is 2.54 bits per heavy atom. The number of nitrogens with zero attached hydrogens (tertiary/aromatic N) is 3. The molecule has 0 radical (unpaired) electrons. The van der Waals surface area contributed by atoms with Crippen LogP contribution in [0, 0.1) is 0 Å². The summed E-state index contributed by atoms with van der Waals surface area (Å²) in [6, 6.07) is 3.87. The second kappa shape index (κ2) is 9.03. The maximum atomic E-state index is 12.6. The highest BCUT2D eigenvalue weighted by atomic mass is 32.2. The zero-order valence-electron chi connectivity index (χ0n) is 14.5. The van der Waals surface area contributed by atoms with Gasteiger partial charge in [-0.2, -0.15) is 0 Å². The van der Waals surface area contributed by atoms with E-state index in [2.05, 4.69) is 16.8 Å². The number of hydrogen-bond donors (Lipinski definition) is 0. The number of methoxy groups -OCH3 is 1. The van der Waals surface area contributed by atoms with Gasteiger partial charge in [-0.05, 0) is 24.8 Å². The Labute approximate surface area is 147 Å². The molecule has 6 nitrogen and oxygen atoms in total. The Morgan fingerprint density at radius 1 is 1.29 bits per heavy atom. The Kier molecular flexibility index (Phi) is 7.05. The van der Waals surface area contributed by atoms with Gasteiger partial charge in [0.25, 0.3) is 5.91 Å². The fourth-order valence-corrected chi connectivity index (χ4v) is 3.33. The zero-order chi connectivity index (χ0) is 17.5. The number of amides is 1. The van der Waals surface area contributed by atoms with Crippen molar-refractivity contribution in [3.8, 4) is 0 Å². The zero-order valence-corrected chi connectivity index (χ0v) is 15.3. The van der Waals surface area contributed by atoms with Crippen LogP contribution in [0.25, 0.3) is 0 Å². The average Bonchev–Trinajstić information content (AvgIpc) is 2.62. The van der Waals surface area contributed by atoms with Crippen molar-refractivity contribution in [2.45, 2.75) is 31.3 Å². The first kappa shape index (κ1) is 18.7. The van der Waals surface area contributed by atoms with E-state index in [4.69, 9.17) is 4.74 Å². The van der Waals surface area contributed by atoms with E-state index in [-0.39, 0.29) is 17.9 Å². The van der Waals surface area contributed by atoms with E-state index >= 15 is 0 Å². The summed E-state index contributed by atoms with van der Waals surface area (Å²) >= 11 is 1.66. The van der Waals surface area contributed by atoms with Crippen LogP contribution in [0.1, 0.15) is 30.6 Å². The van der Waals surface area contributed by atoms with Gasteiger partial charge in [-0.15, -0.1) is 11.8 Å². The quantitative estimate of drug-likeness (QED) is 0.576. The normalized spacial score (nSPS) is 16.7. The van der Waals surface area contributed by atoms with Crippen molar-refractivity contribution in [3.05, 3.63) is 23.9 Å². The minimum absolute atomic E-state index is 0.0239. The van der Waals surface area contributed by atoms with E-state index in [0.29, 0.717) is 25.1 Å². The van der Waals surface area contributed by atoms with E-state index in [1.807, 2.05) is 24.0 Å². The van der Waals surface area contributed by atoms with Crippen molar-refractivity contribution in [2.24, 2.45) is 0 Å². The van der Waals surface area contributed by atoms with Crippen LogP contribution < -0.4 is 0 Å². The minimum Gasteiger partial charge on any atom is -0.469 e. The van der Waals surface area contributed by atoms with Gasteiger partial charge < -0.3 is 9.64 Å². The van der Waals surface area contributed by atoms with E-state index in [9.17, 15) is 9.59 Å². The molecule has 1 saturated heterocycles. The summed E-state index contributed by atoms with van der Waals surface area (Å²) in [4.78, 5) is 32.3. The number of carbonyl (C=O) groups excluding carboxylic acids is 2. The molecule has 0 saturated carbocycles. The standard InChI is InChI=1S/C17H25N3O3S/c1-4-24-15-6-5-14(12-18-15)17(22)20-9-7-19(8-10-20)13(2)11-16(21)23-3/h5-6,12-13H,4,7-11H2,1-3H3. The molecule has 1 aliphatic rings. The minimum atomic E-state index is -0.197. The highest BCUT2D eigenvalue weighted by Crippen LogP contribution is 2.16. The van der Waals surface area contributed by atoms with E-state index in [1.165, 1.54) is 7.11 Å². The third kappa shape index (κ3) is 4.95. The SMILES string of the molecule is CCSc1ccc(C(=O)N2CCN(C(C)CC(=O)OC)CC2)cn1. The molecule has 2 rings (SSSR count). The van der Waals surface area contributed by atoms with Gasteiger partial charge in [0.15, 0.2) is 0 Å². The topological polar surface area (TPSA) is 62.7 Å². The van der Waals surface area contributed by atoms with E-state index in [0.717, 1.165) is 23.9 Å². The van der Waals surface area contributed by atoms with E-state index < -0.39 is 0 Å². The number of hydrogen-bond acceptors (Lipinski definition) is 6. The summed E-state index contributed by atoms with van der Waals surface area (Å²) < 4.78 is 4.72. The Hall–Kier alpha value is -1.60. The molecular weight excluding hydrogens is 326 g/mol. The molecule has 1 atom stereocenters. The molecule has 0 spiro atoms. The molecule has 2 heterocycles. The number of rotatable bonds is 6. The molecule has 132 valence electrons. The van der Waals surface area contributed by atoms with E-state index in [1.54, 1.807) is 18.0 Å². The van der Waals surface area contributed by atoms with Crippen LogP contribution in [0.15, 0.2) is 23.4 Å². The number of carbonyl (C=O) groups is 2. The predicted octanol–water partition coefficient (Wildman–Crippen LogP) is 1.90. The summed E-state index contributed by atoms with van der Waals surface area (Å²) in [5, 5.41) is 0.940. The lowest BCUT2D eigenvalue weighted by Crippen LogP contribution is -2.51. The number of esters is 1. The number of pyridine rings is 1. The lowest BCUT2D eigenvalue weighted by atomic mass is 10.1. The lowest BCUT2D eigenvalue weighted by molar-refractivity contribution is -0.142. The summed E-state index contributed by atoms with van der Waals surface area (Å²) in [6.07, 6.45) is 2.04. The Morgan fingerprint density at radius 2 is 2.00 bits per heavy atom. The van der Waals surface area contributed by atoms with Crippen LogP contribution in [0.4, 0.5) is 0 Å². The molecule has 1 fully saturated rings. The molecule has 0 aliphatic carbocycles. The molecule has 1 aliphatic heterocycles. The summed E-state index contributed by atoms with van der Waals surface area (Å²) in [5.74, 6) is 0.791. The first-order valence-electron chi connectivity index (χ1n) is 8.24. The van der Waals surface area contributed by atoms with Crippen molar-refractivity contribution in [2.75, 3.05) is 39.0 Å². The van der Waals surface area contributed by atoms with Gasteiger partial charge in [0.1, 0.15) is 0 Å². The maximum Gasteiger partial charge on any atom is 0.307 e.